The summed E-state index contributed by atoms with van der Waals surface area (Å²) < 4.78 is 5.47. The highest BCUT2D eigenvalue weighted by atomic mass is 16.5. The summed E-state index contributed by atoms with van der Waals surface area (Å²) in [4.78, 5) is 44.0. The number of ketones is 1. The molecular weight excluding hydrogens is 428 g/mol. The van der Waals surface area contributed by atoms with Gasteiger partial charge in [0.25, 0.3) is 0 Å². The second kappa shape index (κ2) is 13.4. The standard InChI is InChI=1S/C22H26N2O3.C2H2O4/c1-5-14-27-21-12-6-18(7-13-21)15-24(4)16(2)22(26)23-20-10-8-19(9-11-20)17(3)25;3-1(4)2(5)6/h5-13,16H,1,14-15H2,2-4H3,(H,23,26);(H,3,4)(H,5,6). The lowest BCUT2D eigenvalue weighted by molar-refractivity contribution is -0.159. The molecule has 2 aromatic rings. The van der Waals surface area contributed by atoms with Crippen molar-refractivity contribution in [2.45, 2.75) is 26.4 Å². The molecule has 0 aliphatic heterocycles. The number of rotatable bonds is 9. The van der Waals surface area contributed by atoms with Gasteiger partial charge in [-0.05, 0) is 62.9 Å². The Balaban J connectivity index is 0.000000801. The molecule has 0 aliphatic rings. The fourth-order valence-corrected chi connectivity index (χ4v) is 2.51. The molecule has 2 aromatic carbocycles. The second-order valence-electron chi connectivity index (χ2n) is 7.07. The topological polar surface area (TPSA) is 133 Å². The molecule has 1 amide bonds. The maximum atomic E-state index is 12.5. The van der Waals surface area contributed by atoms with E-state index in [2.05, 4.69) is 11.9 Å². The van der Waals surface area contributed by atoms with E-state index in [1.54, 1.807) is 30.3 Å². The number of nitrogens with zero attached hydrogens (tertiary/aromatic N) is 1. The minimum atomic E-state index is -1.82. The molecule has 2 rings (SSSR count). The molecule has 3 N–H and O–H groups in total. The molecule has 0 aliphatic carbocycles. The van der Waals surface area contributed by atoms with Gasteiger partial charge < -0.3 is 20.3 Å². The Bertz CT molecular complexity index is 957. The van der Waals surface area contributed by atoms with E-state index in [0.717, 1.165) is 11.3 Å². The van der Waals surface area contributed by atoms with Crippen molar-refractivity contribution in [3.8, 4) is 5.75 Å². The molecule has 33 heavy (non-hydrogen) atoms. The number of Topliss-reactive ketones (excluding diaryl/α,β-unsaturated/α-hetero) is 1. The minimum absolute atomic E-state index is 0.00175. The number of carboxylic acids is 2. The number of aliphatic carboxylic acids is 2. The summed E-state index contributed by atoms with van der Waals surface area (Å²) in [5.41, 5.74) is 2.39. The van der Waals surface area contributed by atoms with Crippen molar-refractivity contribution in [2.75, 3.05) is 19.0 Å². The van der Waals surface area contributed by atoms with Crippen molar-refractivity contribution < 1.29 is 34.1 Å². The number of benzene rings is 2. The quantitative estimate of drug-likeness (QED) is 0.298. The van der Waals surface area contributed by atoms with E-state index in [0.29, 0.717) is 24.4 Å². The van der Waals surface area contributed by atoms with Crippen LogP contribution in [0.3, 0.4) is 0 Å². The zero-order valence-electron chi connectivity index (χ0n) is 18.8. The Labute approximate surface area is 192 Å². The Morgan fingerprint density at radius 2 is 1.58 bits per heavy atom. The minimum Gasteiger partial charge on any atom is -0.490 e. The molecule has 1 atom stereocenters. The lowest BCUT2D eigenvalue weighted by atomic mass is 10.1. The largest absolute Gasteiger partial charge is 0.490 e. The zero-order valence-corrected chi connectivity index (χ0v) is 18.8. The second-order valence-corrected chi connectivity index (χ2v) is 7.07. The molecule has 176 valence electrons. The third-order valence-electron chi connectivity index (χ3n) is 4.51. The average molecular weight is 456 g/mol. The third-order valence-corrected chi connectivity index (χ3v) is 4.51. The van der Waals surface area contributed by atoms with Gasteiger partial charge in [-0.2, -0.15) is 0 Å². The smallest absolute Gasteiger partial charge is 0.414 e. The van der Waals surface area contributed by atoms with E-state index >= 15 is 0 Å². The third kappa shape index (κ3) is 9.79. The highest BCUT2D eigenvalue weighted by Gasteiger charge is 2.18. The lowest BCUT2D eigenvalue weighted by Crippen LogP contribution is -2.39. The average Bonchev–Trinajstić information content (AvgIpc) is 2.78. The SMILES string of the molecule is C=CCOc1ccc(CN(C)C(C)C(=O)Nc2ccc(C(C)=O)cc2)cc1.O=C(O)C(=O)O. The van der Waals surface area contributed by atoms with E-state index in [1.807, 2.05) is 43.1 Å². The van der Waals surface area contributed by atoms with Crippen LogP contribution in [-0.2, 0) is 20.9 Å². The molecule has 0 radical (unpaired) electrons. The Morgan fingerprint density at radius 1 is 1.03 bits per heavy atom. The molecule has 9 heteroatoms. The Kier molecular flexibility index (Phi) is 11.0. The zero-order chi connectivity index (χ0) is 25.0. The van der Waals surface area contributed by atoms with Gasteiger partial charge in [-0.25, -0.2) is 9.59 Å². The molecule has 0 bridgehead atoms. The van der Waals surface area contributed by atoms with Crippen molar-refractivity contribution in [2.24, 2.45) is 0 Å². The van der Waals surface area contributed by atoms with Crippen LogP contribution in [0, 0.1) is 0 Å². The number of hydrogen-bond acceptors (Lipinski definition) is 6. The highest BCUT2D eigenvalue weighted by molar-refractivity contribution is 6.27. The molecule has 0 fully saturated rings. The number of anilines is 1. The van der Waals surface area contributed by atoms with E-state index in [1.165, 1.54) is 6.92 Å². The maximum Gasteiger partial charge on any atom is 0.414 e. The van der Waals surface area contributed by atoms with Gasteiger partial charge in [0.1, 0.15) is 12.4 Å². The monoisotopic (exact) mass is 456 g/mol. The van der Waals surface area contributed by atoms with Crippen LogP contribution in [0.2, 0.25) is 0 Å². The van der Waals surface area contributed by atoms with Gasteiger partial charge in [-0.1, -0.05) is 24.8 Å². The molecule has 0 saturated heterocycles. The number of hydrogen-bond donors (Lipinski definition) is 3. The van der Waals surface area contributed by atoms with E-state index in [4.69, 9.17) is 24.5 Å². The predicted octanol–water partition coefficient (Wildman–Crippen LogP) is 3.07. The van der Waals surface area contributed by atoms with Crippen LogP contribution in [0.4, 0.5) is 5.69 Å². The van der Waals surface area contributed by atoms with E-state index < -0.39 is 11.9 Å². The molecule has 0 saturated carbocycles. The van der Waals surface area contributed by atoms with Gasteiger partial charge >= 0.3 is 11.9 Å². The van der Waals surface area contributed by atoms with Crippen molar-refractivity contribution in [3.05, 3.63) is 72.3 Å². The van der Waals surface area contributed by atoms with Gasteiger partial charge in [0.05, 0.1) is 6.04 Å². The Morgan fingerprint density at radius 3 is 2.03 bits per heavy atom. The number of carbonyl (C=O) groups excluding carboxylic acids is 2. The number of likely N-dealkylation sites (N-methyl/N-ethyl adjacent to an activating group) is 1. The van der Waals surface area contributed by atoms with Crippen LogP contribution in [0.5, 0.6) is 5.75 Å². The van der Waals surface area contributed by atoms with Crippen molar-refractivity contribution in [1.82, 2.24) is 4.90 Å². The van der Waals surface area contributed by atoms with Gasteiger partial charge in [0, 0.05) is 17.8 Å². The first-order chi connectivity index (χ1) is 15.5. The summed E-state index contributed by atoms with van der Waals surface area (Å²) >= 11 is 0. The van der Waals surface area contributed by atoms with Crippen LogP contribution >= 0.6 is 0 Å². The van der Waals surface area contributed by atoms with Gasteiger partial charge in [0.15, 0.2) is 5.78 Å². The fraction of sp³-hybridized carbons (Fsp3) is 0.250. The number of carboxylic acid groups (broad SMARTS) is 2. The summed E-state index contributed by atoms with van der Waals surface area (Å²) in [6, 6.07) is 14.4. The summed E-state index contributed by atoms with van der Waals surface area (Å²) in [7, 11) is 1.91. The van der Waals surface area contributed by atoms with Gasteiger partial charge in [-0.3, -0.25) is 14.5 Å². The first kappa shape index (κ1) is 27.1. The van der Waals surface area contributed by atoms with E-state index in [9.17, 15) is 9.59 Å². The van der Waals surface area contributed by atoms with Crippen molar-refractivity contribution >= 4 is 29.3 Å². The van der Waals surface area contributed by atoms with Crippen LogP contribution in [-0.4, -0.2) is 58.4 Å². The van der Waals surface area contributed by atoms with Gasteiger partial charge in [0.2, 0.25) is 5.91 Å². The van der Waals surface area contributed by atoms with Crippen LogP contribution in [0.25, 0.3) is 0 Å². The van der Waals surface area contributed by atoms with Crippen molar-refractivity contribution in [3.63, 3.8) is 0 Å². The summed E-state index contributed by atoms with van der Waals surface area (Å²) in [5.74, 6) is -2.95. The van der Waals surface area contributed by atoms with Crippen LogP contribution in [0.15, 0.2) is 61.2 Å². The van der Waals surface area contributed by atoms with Gasteiger partial charge in [-0.15, -0.1) is 0 Å². The number of amides is 1. The molecule has 9 nitrogen and oxygen atoms in total. The molecule has 0 spiro atoms. The molecular formula is C24H28N2O7. The maximum absolute atomic E-state index is 12.5. The molecule has 0 heterocycles. The fourth-order valence-electron chi connectivity index (χ4n) is 2.51. The highest BCUT2D eigenvalue weighted by Crippen LogP contribution is 2.15. The number of carbonyl (C=O) groups is 4. The summed E-state index contributed by atoms with van der Waals surface area (Å²) in [5, 5.41) is 17.7. The predicted molar refractivity (Wildman–Crippen MR) is 123 cm³/mol. The van der Waals surface area contributed by atoms with Crippen LogP contribution < -0.4 is 10.1 Å². The molecule has 0 aromatic heterocycles. The Hall–Kier alpha value is -3.98. The van der Waals surface area contributed by atoms with E-state index in [-0.39, 0.29) is 17.7 Å². The first-order valence-electron chi connectivity index (χ1n) is 9.96. The lowest BCUT2D eigenvalue weighted by Gasteiger charge is -2.24. The normalized spacial score (nSPS) is 10.9. The molecule has 1 unspecified atom stereocenters. The number of nitrogens with one attached hydrogen (secondary N) is 1. The number of ether oxygens (including phenoxy) is 1. The van der Waals surface area contributed by atoms with Crippen LogP contribution in [0.1, 0.15) is 29.8 Å². The van der Waals surface area contributed by atoms with Crippen molar-refractivity contribution in [1.29, 1.82) is 0 Å². The summed E-state index contributed by atoms with van der Waals surface area (Å²) in [6.45, 7) is 8.12. The first-order valence-corrected chi connectivity index (χ1v) is 9.96. The summed E-state index contributed by atoms with van der Waals surface area (Å²) in [6.07, 6.45) is 1.70.